The summed E-state index contributed by atoms with van der Waals surface area (Å²) >= 11 is 0. The molecule has 0 spiro atoms. The maximum atomic E-state index is 10.8. The number of allylic oxidation sites excluding steroid dienone is 2. The summed E-state index contributed by atoms with van der Waals surface area (Å²) in [7, 11) is 1.74. The Morgan fingerprint density at radius 3 is 2.74 bits per heavy atom. The highest BCUT2D eigenvalue weighted by molar-refractivity contribution is 5.75. The van der Waals surface area contributed by atoms with E-state index in [1.54, 1.807) is 18.3 Å². The molecule has 0 amide bonds. The molecule has 4 rings (SSSR count). The number of methoxy groups -OCH3 is 1. The van der Waals surface area contributed by atoms with Gasteiger partial charge in [-0.05, 0) is 79.2 Å². The first-order valence-electron chi connectivity index (χ1n) is 9.15. The summed E-state index contributed by atoms with van der Waals surface area (Å²) in [5.74, 6) is 2.12. The third-order valence-corrected chi connectivity index (χ3v) is 6.99. The van der Waals surface area contributed by atoms with E-state index in [4.69, 9.17) is 4.74 Å². The molecule has 2 heteroatoms. The molecule has 0 aliphatic heterocycles. The van der Waals surface area contributed by atoms with Crippen LogP contribution in [-0.4, -0.2) is 18.3 Å². The standard InChI is InChI=1S/C21H28O2/c1-13(2)21-11-10-17-16-7-5-15(23-3)12-14(16)4-6-18(17)19(21)8-9-20(21)22/h5,7,12-13,19-20,22H,4,6,8-11H2,1-3H3/t19-,20-,21+/m1/s1. The lowest BCUT2D eigenvalue weighted by Gasteiger charge is -2.48. The monoisotopic (exact) mass is 312 g/mol. The molecular weight excluding hydrogens is 284 g/mol. The van der Waals surface area contributed by atoms with Gasteiger partial charge >= 0.3 is 0 Å². The minimum absolute atomic E-state index is 0.112. The molecule has 0 aromatic heterocycles. The van der Waals surface area contributed by atoms with Crippen LogP contribution < -0.4 is 4.74 Å². The van der Waals surface area contributed by atoms with Crippen molar-refractivity contribution in [3.63, 3.8) is 0 Å². The zero-order chi connectivity index (χ0) is 16.2. The lowest BCUT2D eigenvalue weighted by molar-refractivity contribution is -0.0149. The van der Waals surface area contributed by atoms with Crippen molar-refractivity contribution in [1.29, 1.82) is 0 Å². The Bertz CT molecular complexity index is 658. The van der Waals surface area contributed by atoms with Crippen LogP contribution in [0.1, 0.15) is 57.1 Å². The maximum absolute atomic E-state index is 10.8. The van der Waals surface area contributed by atoms with Gasteiger partial charge in [-0.1, -0.05) is 25.5 Å². The van der Waals surface area contributed by atoms with Crippen LogP contribution in [0.2, 0.25) is 0 Å². The number of aliphatic hydroxyl groups is 1. The minimum atomic E-state index is -0.112. The van der Waals surface area contributed by atoms with Crippen molar-refractivity contribution in [2.75, 3.05) is 7.11 Å². The molecule has 0 radical (unpaired) electrons. The fraction of sp³-hybridized carbons (Fsp3) is 0.619. The Hall–Kier alpha value is -1.28. The minimum Gasteiger partial charge on any atom is -0.497 e. The van der Waals surface area contributed by atoms with E-state index >= 15 is 0 Å². The van der Waals surface area contributed by atoms with Gasteiger partial charge in [0, 0.05) is 5.41 Å². The molecule has 1 N–H and O–H groups in total. The van der Waals surface area contributed by atoms with Gasteiger partial charge in [0.05, 0.1) is 13.2 Å². The van der Waals surface area contributed by atoms with Crippen LogP contribution in [-0.2, 0) is 6.42 Å². The van der Waals surface area contributed by atoms with E-state index < -0.39 is 0 Å². The zero-order valence-electron chi connectivity index (χ0n) is 14.6. The third-order valence-electron chi connectivity index (χ3n) is 6.99. The SMILES string of the molecule is COc1ccc2c(c1)CCC1=C2CC[C@@]2(C(C)C)[C@H](O)CC[C@H]12. The van der Waals surface area contributed by atoms with E-state index in [2.05, 4.69) is 32.0 Å². The lowest BCUT2D eigenvalue weighted by Crippen LogP contribution is -2.43. The molecule has 2 nitrogen and oxygen atoms in total. The Labute approximate surface area is 139 Å². The summed E-state index contributed by atoms with van der Waals surface area (Å²) in [4.78, 5) is 0. The molecule has 1 fully saturated rings. The van der Waals surface area contributed by atoms with E-state index in [-0.39, 0.29) is 11.5 Å². The Morgan fingerprint density at radius 1 is 1.17 bits per heavy atom. The Balaban J connectivity index is 1.80. The van der Waals surface area contributed by atoms with E-state index in [9.17, 15) is 5.11 Å². The first-order valence-corrected chi connectivity index (χ1v) is 9.15. The normalized spacial score (nSPS) is 32.6. The van der Waals surface area contributed by atoms with Gasteiger partial charge in [0.2, 0.25) is 0 Å². The molecule has 3 aliphatic rings. The van der Waals surface area contributed by atoms with Crippen LogP contribution in [0.3, 0.4) is 0 Å². The molecule has 1 saturated carbocycles. The van der Waals surface area contributed by atoms with E-state index in [0.29, 0.717) is 11.8 Å². The van der Waals surface area contributed by atoms with Crippen molar-refractivity contribution in [1.82, 2.24) is 0 Å². The smallest absolute Gasteiger partial charge is 0.119 e. The first-order chi connectivity index (χ1) is 11.1. The molecule has 0 unspecified atom stereocenters. The van der Waals surface area contributed by atoms with Gasteiger partial charge in [-0.25, -0.2) is 0 Å². The number of aryl methyl sites for hydroxylation is 1. The molecule has 0 bridgehead atoms. The van der Waals surface area contributed by atoms with Crippen molar-refractivity contribution in [2.24, 2.45) is 17.3 Å². The van der Waals surface area contributed by atoms with Crippen molar-refractivity contribution in [3.05, 3.63) is 34.9 Å². The van der Waals surface area contributed by atoms with Crippen LogP contribution >= 0.6 is 0 Å². The number of benzene rings is 1. The van der Waals surface area contributed by atoms with Crippen LogP contribution in [0.5, 0.6) is 5.75 Å². The Kier molecular flexibility index (Phi) is 3.57. The Morgan fingerprint density at radius 2 is 2.00 bits per heavy atom. The van der Waals surface area contributed by atoms with E-state index in [0.717, 1.165) is 31.4 Å². The highest BCUT2D eigenvalue weighted by Gasteiger charge is 2.54. The van der Waals surface area contributed by atoms with Crippen molar-refractivity contribution >= 4 is 5.57 Å². The van der Waals surface area contributed by atoms with Gasteiger partial charge < -0.3 is 9.84 Å². The van der Waals surface area contributed by atoms with Gasteiger partial charge in [-0.15, -0.1) is 0 Å². The molecule has 0 saturated heterocycles. The fourth-order valence-corrected chi connectivity index (χ4v) is 5.82. The number of hydrogen-bond acceptors (Lipinski definition) is 2. The molecule has 23 heavy (non-hydrogen) atoms. The molecule has 3 aliphatic carbocycles. The van der Waals surface area contributed by atoms with Crippen molar-refractivity contribution in [2.45, 2.75) is 58.5 Å². The predicted molar refractivity (Wildman–Crippen MR) is 93.5 cm³/mol. The molecule has 0 heterocycles. The first kappa shape index (κ1) is 15.3. The average molecular weight is 312 g/mol. The predicted octanol–water partition coefficient (Wildman–Crippen LogP) is 4.60. The van der Waals surface area contributed by atoms with E-state index in [1.165, 1.54) is 24.0 Å². The highest BCUT2D eigenvalue weighted by atomic mass is 16.5. The molecule has 3 atom stereocenters. The van der Waals surface area contributed by atoms with Gasteiger partial charge in [0.1, 0.15) is 5.75 Å². The molecule has 1 aromatic carbocycles. The van der Waals surface area contributed by atoms with Crippen LogP contribution in [0, 0.1) is 17.3 Å². The average Bonchev–Trinajstić information content (AvgIpc) is 2.92. The van der Waals surface area contributed by atoms with Crippen LogP contribution in [0.15, 0.2) is 23.8 Å². The second kappa shape index (κ2) is 5.37. The summed E-state index contributed by atoms with van der Waals surface area (Å²) in [6.45, 7) is 4.63. The van der Waals surface area contributed by atoms with Crippen LogP contribution in [0.25, 0.3) is 5.57 Å². The summed E-state index contributed by atoms with van der Waals surface area (Å²) < 4.78 is 5.40. The number of hydrogen-bond donors (Lipinski definition) is 1. The number of rotatable bonds is 2. The number of aliphatic hydroxyl groups excluding tert-OH is 1. The lowest BCUT2D eigenvalue weighted by atomic mass is 9.57. The fourth-order valence-electron chi connectivity index (χ4n) is 5.82. The zero-order valence-corrected chi connectivity index (χ0v) is 14.6. The van der Waals surface area contributed by atoms with Gasteiger partial charge in [-0.3, -0.25) is 0 Å². The van der Waals surface area contributed by atoms with Crippen molar-refractivity contribution in [3.8, 4) is 5.75 Å². The summed E-state index contributed by atoms with van der Waals surface area (Å²) in [6, 6.07) is 6.58. The summed E-state index contributed by atoms with van der Waals surface area (Å²) in [5, 5.41) is 10.8. The largest absolute Gasteiger partial charge is 0.497 e. The van der Waals surface area contributed by atoms with Crippen molar-refractivity contribution < 1.29 is 9.84 Å². The van der Waals surface area contributed by atoms with Crippen LogP contribution in [0.4, 0.5) is 0 Å². The topological polar surface area (TPSA) is 29.5 Å². The van der Waals surface area contributed by atoms with Gasteiger partial charge in [-0.2, -0.15) is 0 Å². The van der Waals surface area contributed by atoms with E-state index in [1.807, 2.05) is 0 Å². The second-order valence-corrected chi connectivity index (χ2v) is 7.94. The second-order valence-electron chi connectivity index (χ2n) is 7.94. The molecule has 1 aromatic rings. The summed E-state index contributed by atoms with van der Waals surface area (Å²) in [6.07, 6.45) is 6.59. The van der Waals surface area contributed by atoms with Gasteiger partial charge in [0.15, 0.2) is 0 Å². The quantitative estimate of drug-likeness (QED) is 0.864. The maximum Gasteiger partial charge on any atom is 0.119 e. The number of ether oxygens (including phenoxy) is 1. The molecule has 124 valence electrons. The third kappa shape index (κ3) is 2.04. The summed E-state index contributed by atoms with van der Waals surface area (Å²) in [5.41, 5.74) is 6.27. The number of fused-ring (bicyclic) bond motifs is 4. The molecular formula is C21H28O2. The van der Waals surface area contributed by atoms with Gasteiger partial charge in [0.25, 0.3) is 0 Å². The highest BCUT2D eigenvalue weighted by Crippen LogP contribution is 2.61.